The Balaban J connectivity index is 1.53. The van der Waals surface area contributed by atoms with Gasteiger partial charge < -0.3 is 4.74 Å². The second kappa shape index (κ2) is 8.85. The molecule has 1 fully saturated rings. The van der Waals surface area contributed by atoms with Crippen LogP contribution in [0.3, 0.4) is 0 Å². The predicted octanol–water partition coefficient (Wildman–Crippen LogP) is 5.75. The van der Waals surface area contributed by atoms with E-state index < -0.39 is 5.92 Å². The number of aliphatic imine (C=N–C) groups is 1. The van der Waals surface area contributed by atoms with E-state index in [9.17, 15) is 9.59 Å². The molecule has 32 heavy (non-hydrogen) atoms. The molecule has 0 spiro atoms. The monoisotopic (exact) mass is 427 g/mol. The normalized spacial score (nSPS) is 26.0. The van der Waals surface area contributed by atoms with Crippen LogP contribution in [0, 0.1) is 5.92 Å². The molecular weight excluding hydrogens is 398 g/mol. The lowest BCUT2D eigenvalue weighted by Crippen LogP contribution is -2.39. The number of benzene rings is 2. The molecule has 0 aromatic heterocycles. The third kappa shape index (κ3) is 3.94. The minimum Gasteiger partial charge on any atom is -0.462 e. The van der Waals surface area contributed by atoms with Gasteiger partial charge in [0.05, 0.1) is 0 Å². The fourth-order valence-electron chi connectivity index (χ4n) is 5.59. The maximum Gasteiger partial charge on any atom is 0.315 e. The SMILES string of the molecule is CC1=NC2=C(C(=O)C[C@H](c3ccccc3)C2)[C@@H](c2ccccc2)C1C(=O)OC1CCCC1. The largest absolute Gasteiger partial charge is 0.462 e. The van der Waals surface area contributed by atoms with Gasteiger partial charge in [-0.15, -0.1) is 0 Å². The van der Waals surface area contributed by atoms with E-state index in [-0.39, 0.29) is 29.7 Å². The third-order valence-electron chi connectivity index (χ3n) is 7.16. The molecule has 2 aliphatic carbocycles. The summed E-state index contributed by atoms with van der Waals surface area (Å²) in [5, 5.41) is 0. The quantitative estimate of drug-likeness (QED) is 0.584. The van der Waals surface area contributed by atoms with Gasteiger partial charge in [0.15, 0.2) is 5.78 Å². The number of allylic oxidation sites excluding steroid dienone is 2. The van der Waals surface area contributed by atoms with Crippen LogP contribution in [-0.4, -0.2) is 23.6 Å². The first-order chi connectivity index (χ1) is 15.6. The van der Waals surface area contributed by atoms with E-state index in [2.05, 4.69) is 12.1 Å². The van der Waals surface area contributed by atoms with Gasteiger partial charge in [-0.3, -0.25) is 14.6 Å². The van der Waals surface area contributed by atoms with Crippen molar-refractivity contribution in [3.63, 3.8) is 0 Å². The van der Waals surface area contributed by atoms with Crippen molar-refractivity contribution in [1.29, 1.82) is 0 Å². The number of nitrogens with zero attached hydrogens (tertiary/aromatic N) is 1. The van der Waals surface area contributed by atoms with E-state index in [1.165, 1.54) is 5.56 Å². The number of esters is 1. The van der Waals surface area contributed by atoms with Crippen molar-refractivity contribution in [2.45, 2.75) is 63.4 Å². The second-order valence-corrected chi connectivity index (χ2v) is 9.26. The Labute approximate surface area is 189 Å². The standard InChI is InChI=1S/C28H29NO3/c1-18-25(28(31)32-22-14-8-9-15-22)26(20-12-6-3-7-13-20)27-23(29-18)16-21(17-24(27)30)19-10-4-2-5-11-19/h2-7,10-13,21-22,25-26H,8-9,14-17H2,1H3/t21-,25?,26+/m1/s1. The van der Waals surface area contributed by atoms with Crippen molar-refractivity contribution < 1.29 is 14.3 Å². The number of ketones is 1. The van der Waals surface area contributed by atoms with E-state index in [1.807, 2.05) is 55.5 Å². The highest BCUT2D eigenvalue weighted by atomic mass is 16.5. The van der Waals surface area contributed by atoms with Crippen molar-refractivity contribution in [2.24, 2.45) is 10.9 Å². The van der Waals surface area contributed by atoms with Crippen LogP contribution in [0.25, 0.3) is 0 Å². The summed E-state index contributed by atoms with van der Waals surface area (Å²) in [4.78, 5) is 31.8. The van der Waals surface area contributed by atoms with Gasteiger partial charge in [-0.25, -0.2) is 0 Å². The molecule has 164 valence electrons. The van der Waals surface area contributed by atoms with E-state index in [4.69, 9.17) is 9.73 Å². The van der Waals surface area contributed by atoms with Crippen molar-refractivity contribution in [3.05, 3.63) is 83.1 Å². The molecule has 2 aromatic carbocycles. The van der Waals surface area contributed by atoms with E-state index in [0.717, 1.165) is 49.1 Å². The Kier molecular flexibility index (Phi) is 5.77. The van der Waals surface area contributed by atoms with Gasteiger partial charge in [0.2, 0.25) is 0 Å². The number of Topliss-reactive ketones (excluding diaryl/α,β-unsaturated/α-hetero) is 1. The Morgan fingerprint density at radius 2 is 1.53 bits per heavy atom. The average molecular weight is 428 g/mol. The molecule has 5 rings (SSSR count). The fourth-order valence-corrected chi connectivity index (χ4v) is 5.59. The maximum atomic E-state index is 13.5. The zero-order chi connectivity index (χ0) is 22.1. The van der Waals surface area contributed by atoms with Crippen LogP contribution in [-0.2, 0) is 14.3 Å². The van der Waals surface area contributed by atoms with E-state index in [0.29, 0.717) is 12.0 Å². The van der Waals surface area contributed by atoms with Gasteiger partial charge in [-0.05, 0) is 56.1 Å². The molecule has 1 aliphatic heterocycles. The highest BCUT2D eigenvalue weighted by Crippen LogP contribution is 2.47. The minimum atomic E-state index is -0.547. The molecule has 1 unspecified atom stereocenters. The zero-order valence-electron chi connectivity index (χ0n) is 18.5. The Morgan fingerprint density at radius 1 is 0.906 bits per heavy atom. The van der Waals surface area contributed by atoms with Gasteiger partial charge >= 0.3 is 5.97 Å². The minimum absolute atomic E-state index is 0.00776. The van der Waals surface area contributed by atoms with Gasteiger partial charge in [0.25, 0.3) is 0 Å². The molecule has 2 aromatic rings. The van der Waals surface area contributed by atoms with Crippen molar-refractivity contribution in [2.75, 3.05) is 0 Å². The lowest BCUT2D eigenvalue weighted by atomic mass is 9.69. The molecule has 0 N–H and O–H groups in total. The number of hydrogen-bond donors (Lipinski definition) is 0. The maximum absolute atomic E-state index is 13.5. The lowest BCUT2D eigenvalue weighted by Gasteiger charge is -2.37. The molecular formula is C28H29NO3. The van der Waals surface area contributed by atoms with E-state index in [1.54, 1.807) is 0 Å². The summed E-state index contributed by atoms with van der Waals surface area (Å²) in [7, 11) is 0. The van der Waals surface area contributed by atoms with Crippen LogP contribution in [0.4, 0.5) is 0 Å². The molecule has 3 atom stereocenters. The second-order valence-electron chi connectivity index (χ2n) is 9.26. The number of carbonyl (C=O) groups excluding carboxylic acids is 2. The van der Waals surface area contributed by atoms with Gasteiger partial charge in [-0.2, -0.15) is 0 Å². The number of hydrogen-bond acceptors (Lipinski definition) is 4. The predicted molar refractivity (Wildman–Crippen MR) is 125 cm³/mol. The van der Waals surface area contributed by atoms with Gasteiger partial charge in [-0.1, -0.05) is 60.7 Å². The van der Waals surface area contributed by atoms with Crippen LogP contribution >= 0.6 is 0 Å². The first-order valence-electron chi connectivity index (χ1n) is 11.7. The van der Waals surface area contributed by atoms with Crippen molar-refractivity contribution in [3.8, 4) is 0 Å². The van der Waals surface area contributed by atoms with Crippen LogP contribution in [0.15, 0.2) is 76.9 Å². The fraction of sp³-hybridized carbons (Fsp3) is 0.393. The van der Waals surface area contributed by atoms with Crippen molar-refractivity contribution in [1.82, 2.24) is 0 Å². The van der Waals surface area contributed by atoms with E-state index >= 15 is 0 Å². The summed E-state index contributed by atoms with van der Waals surface area (Å²) < 4.78 is 5.92. The number of ether oxygens (including phenoxy) is 1. The molecule has 1 saturated carbocycles. The molecule has 1 heterocycles. The average Bonchev–Trinajstić information content (AvgIpc) is 3.32. The van der Waals surface area contributed by atoms with Crippen LogP contribution in [0.2, 0.25) is 0 Å². The Morgan fingerprint density at radius 3 is 2.19 bits per heavy atom. The third-order valence-corrected chi connectivity index (χ3v) is 7.16. The van der Waals surface area contributed by atoms with Gasteiger partial charge in [0.1, 0.15) is 12.0 Å². The topological polar surface area (TPSA) is 55.7 Å². The van der Waals surface area contributed by atoms with Crippen LogP contribution < -0.4 is 0 Å². The summed E-state index contributed by atoms with van der Waals surface area (Å²) in [5.74, 6) is -0.895. The van der Waals surface area contributed by atoms with Crippen LogP contribution in [0.5, 0.6) is 0 Å². The summed E-state index contributed by atoms with van der Waals surface area (Å²) >= 11 is 0. The summed E-state index contributed by atoms with van der Waals surface area (Å²) in [6.07, 6.45) is 5.22. The molecule has 0 bridgehead atoms. The molecule has 0 amide bonds. The lowest BCUT2D eigenvalue weighted by molar-refractivity contribution is -0.151. The van der Waals surface area contributed by atoms with Gasteiger partial charge in [0, 0.05) is 29.3 Å². The van der Waals surface area contributed by atoms with Crippen LogP contribution in [0.1, 0.15) is 68.4 Å². The highest BCUT2D eigenvalue weighted by Gasteiger charge is 2.45. The Bertz CT molecular complexity index is 1060. The van der Waals surface area contributed by atoms with Crippen molar-refractivity contribution >= 4 is 17.5 Å². The number of rotatable bonds is 4. The number of carbonyl (C=O) groups is 2. The first-order valence-corrected chi connectivity index (χ1v) is 11.7. The summed E-state index contributed by atoms with van der Waals surface area (Å²) in [6, 6.07) is 20.1. The zero-order valence-corrected chi connectivity index (χ0v) is 18.5. The molecule has 0 saturated heterocycles. The summed E-state index contributed by atoms with van der Waals surface area (Å²) in [6.45, 7) is 1.91. The molecule has 4 heteroatoms. The highest BCUT2D eigenvalue weighted by molar-refractivity contribution is 6.09. The molecule has 0 radical (unpaired) electrons. The molecule has 4 nitrogen and oxygen atoms in total. The smallest absolute Gasteiger partial charge is 0.315 e. The Hall–Kier alpha value is -3.01. The first kappa shape index (κ1) is 20.9. The summed E-state index contributed by atoms with van der Waals surface area (Å²) in [5.41, 5.74) is 4.45. The molecule has 3 aliphatic rings.